The highest BCUT2D eigenvalue weighted by Crippen LogP contribution is 2.36. The maximum absolute atomic E-state index is 11.6. The summed E-state index contributed by atoms with van der Waals surface area (Å²) in [6.45, 7) is 7.02. The summed E-state index contributed by atoms with van der Waals surface area (Å²) in [6.07, 6.45) is 3.90. The fourth-order valence-electron chi connectivity index (χ4n) is 3.32. The molecule has 4 rings (SSSR count). The number of ether oxygens (including phenoxy) is 1. The first-order valence-electron chi connectivity index (χ1n) is 10.1. The highest BCUT2D eigenvalue weighted by Gasteiger charge is 2.25. The topological polar surface area (TPSA) is 89.3 Å². The van der Waals surface area contributed by atoms with E-state index in [1.54, 1.807) is 23.0 Å². The van der Waals surface area contributed by atoms with E-state index in [1.165, 1.54) is 0 Å². The molecule has 1 fully saturated rings. The van der Waals surface area contributed by atoms with Crippen LogP contribution in [0.15, 0.2) is 48.7 Å². The van der Waals surface area contributed by atoms with Crippen molar-refractivity contribution in [3.05, 3.63) is 59.9 Å². The number of hydrogen-bond acceptors (Lipinski definition) is 5. The summed E-state index contributed by atoms with van der Waals surface area (Å²) in [5.41, 5.74) is 1.78. The number of carboxylic acid groups (broad SMARTS) is 1. The normalized spacial score (nSPS) is 13.8. The maximum Gasteiger partial charge on any atom is 0.354 e. The third kappa shape index (κ3) is 4.45. The van der Waals surface area contributed by atoms with Gasteiger partial charge in [0.2, 0.25) is 5.88 Å². The SMILES string of the molecule is CC(C)(C)c1ccccc1Oc1ncccc1Nc1cc(C(=O)O)n(CC2CC2)n1. The number of rotatable bonds is 7. The first kappa shape index (κ1) is 19.9. The van der Waals surface area contributed by atoms with Crippen molar-refractivity contribution in [2.45, 2.75) is 45.6 Å². The molecule has 0 saturated heterocycles. The first-order chi connectivity index (χ1) is 14.3. The lowest BCUT2D eigenvalue weighted by Crippen LogP contribution is -2.12. The molecule has 0 amide bonds. The number of carbonyl (C=O) groups is 1. The predicted molar refractivity (Wildman–Crippen MR) is 115 cm³/mol. The Labute approximate surface area is 175 Å². The van der Waals surface area contributed by atoms with Gasteiger partial charge in [-0.25, -0.2) is 9.78 Å². The van der Waals surface area contributed by atoms with Gasteiger partial charge in [0.1, 0.15) is 17.1 Å². The van der Waals surface area contributed by atoms with Crippen LogP contribution in [0.5, 0.6) is 11.6 Å². The van der Waals surface area contributed by atoms with E-state index in [0.717, 1.165) is 24.2 Å². The summed E-state index contributed by atoms with van der Waals surface area (Å²) in [4.78, 5) is 16.0. The number of nitrogens with zero attached hydrogens (tertiary/aromatic N) is 3. The highest BCUT2D eigenvalue weighted by atomic mass is 16.5. The molecule has 156 valence electrons. The number of benzene rings is 1. The number of anilines is 2. The summed E-state index contributed by atoms with van der Waals surface area (Å²) in [5, 5.41) is 17.1. The lowest BCUT2D eigenvalue weighted by molar-refractivity contribution is 0.0682. The van der Waals surface area contributed by atoms with E-state index in [2.05, 4.69) is 36.2 Å². The molecule has 0 bridgehead atoms. The molecule has 7 heteroatoms. The number of aromatic carboxylic acids is 1. The van der Waals surface area contributed by atoms with Crippen molar-refractivity contribution in [3.63, 3.8) is 0 Å². The van der Waals surface area contributed by atoms with Crippen LogP contribution in [0.1, 0.15) is 49.7 Å². The average molecular weight is 406 g/mol. The fourth-order valence-corrected chi connectivity index (χ4v) is 3.32. The molecule has 1 aliphatic carbocycles. The molecule has 1 aromatic carbocycles. The Morgan fingerprint density at radius 1 is 1.23 bits per heavy atom. The second-order valence-electron chi connectivity index (χ2n) is 8.67. The quantitative estimate of drug-likeness (QED) is 0.559. The lowest BCUT2D eigenvalue weighted by atomic mass is 9.86. The van der Waals surface area contributed by atoms with Gasteiger partial charge in [0, 0.05) is 24.4 Å². The van der Waals surface area contributed by atoms with Crippen molar-refractivity contribution in [2.75, 3.05) is 5.32 Å². The molecule has 1 saturated carbocycles. The molecular weight excluding hydrogens is 380 g/mol. The molecule has 2 heterocycles. The smallest absolute Gasteiger partial charge is 0.354 e. The van der Waals surface area contributed by atoms with Crippen LogP contribution in [0.3, 0.4) is 0 Å². The van der Waals surface area contributed by atoms with E-state index in [9.17, 15) is 9.90 Å². The third-order valence-electron chi connectivity index (χ3n) is 5.06. The highest BCUT2D eigenvalue weighted by molar-refractivity contribution is 5.87. The zero-order valence-corrected chi connectivity index (χ0v) is 17.4. The molecule has 2 N–H and O–H groups in total. The van der Waals surface area contributed by atoms with E-state index in [1.807, 2.05) is 30.3 Å². The number of para-hydroxylation sites is 1. The first-order valence-corrected chi connectivity index (χ1v) is 10.1. The van der Waals surface area contributed by atoms with Crippen molar-refractivity contribution >= 4 is 17.5 Å². The largest absolute Gasteiger partial charge is 0.477 e. The second-order valence-corrected chi connectivity index (χ2v) is 8.67. The Morgan fingerprint density at radius 3 is 2.70 bits per heavy atom. The lowest BCUT2D eigenvalue weighted by Gasteiger charge is -2.22. The standard InChI is InChI=1S/C23H26N4O3/c1-23(2,3)16-7-4-5-9-19(16)30-21-17(8-6-12-24-21)25-20-13-18(22(28)29)27(26-20)14-15-10-11-15/h4-9,12-13,15H,10-11,14H2,1-3H3,(H,25,26)(H,28,29). The molecule has 0 radical (unpaired) electrons. The van der Waals surface area contributed by atoms with Crippen LogP contribution >= 0.6 is 0 Å². The summed E-state index contributed by atoms with van der Waals surface area (Å²) >= 11 is 0. The van der Waals surface area contributed by atoms with Crippen molar-refractivity contribution in [2.24, 2.45) is 5.92 Å². The monoisotopic (exact) mass is 406 g/mol. The zero-order valence-electron chi connectivity index (χ0n) is 17.4. The molecule has 0 spiro atoms. The molecule has 0 atom stereocenters. The van der Waals surface area contributed by atoms with Crippen molar-refractivity contribution in [1.29, 1.82) is 0 Å². The maximum atomic E-state index is 11.6. The summed E-state index contributed by atoms with van der Waals surface area (Å²) in [5.74, 6) is 1.12. The number of aromatic nitrogens is 3. The molecule has 0 unspecified atom stereocenters. The third-order valence-corrected chi connectivity index (χ3v) is 5.06. The Hall–Kier alpha value is -3.35. The fraction of sp³-hybridized carbons (Fsp3) is 0.348. The van der Waals surface area contributed by atoms with Gasteiger partial charge < -0.3 is 15.2 Å². The molecule has 30 heavy (non-hydrogen) atoms. The summed E-state index contributed by atoms with van der Waals surface area (Å²) < 4.78 is 7.74. The van der Waals surface area contributed by atoms with Crippen LogP contribution < -0.4 is 10.1 Å². The van der Waals surface area contributed by atoms with Gasteiger partial charge in [-0.3, -0.25) is 4.68 Å². The van der Waals surface area contributed by atoms with Gasteiger partial charge >= 0.3 is 5.97 Å². The molecule has 0 aliphatic heterocycles. The van der Waals surface area contributed by atoms with Crippen molar-refractivity contribution in [3.8, 4) is 11.6 Å². The van der Waals surface area contributed by atoms with E-state index in [0.29, 0.717) is 29.8 Å². The zero-order chi connectivity index (χ0) is 21.3. The number of carboxylic acids is 1. The number of pyridine rings is 1. The van der Waals surface area contributed by atoms with Crippen molar-refractivity contribution in [1.82, 2.24) is 14.8 Å². The summed E-state index contributed by atoms with van der Waals surface area (Å²) in [7, 11) is 0. The summed E-state index contributed by atoms with van der Waals surface area (Å²) in [6, 6.07) is 13.1. The minimum atomic E-state index is -0.988. The number of nitrogens with one attached hydrogen (secondary N) is 1. The predicted octanol–water partition coefficient (Wildman–Crippen LogP) is 5.22. The second kappa shape index (κ2) is 7.82. The minimum absolute atomic E-state index is 0.0864. The Bertz CT molecular complexity index is 1060. The van der Waals surface area contributed by atoms with Crippen molar-refractivity contribution < 1.29 is 14.6 Å². The van der Waals surface area contributed by atoms with E-state index >= 15 is 0 Å². The van der Waals surface area contributed by atoms with Crippen LogP contribution in [0, 0.1) is 5.92 Å². The molecule has 7 nitrogen and oxygen atoms in total. The van der Waals surface area contributed by atoms with Gasteiger partial charge in [0.15, 0.2) is 5.82 Å². The van der Waals surface area contributed by atoms with E-state index in [-0.39, 0.29) is 11.1 Å². The molecule has 3 aromatic rings. The van der Waals surface area contributed by atoms with Gasteiger partial charge in [0.25, 0.3) is 0 Å². The molecule has 2 aromatic heterocycles. The molecular formula is C23H26N4O3. The minimum Gasteiger partial charge on any atom is -0.477 e. The van der Waals surface area contributed by atoms with Crippen LogP contribution in [0.4, 0.5) is 11.5 Å². The van der Waals surface area contributed by atoms with Gasteiger partial charge in [-0.2, -0.15) is 5.10 Å². The Balaban J connectivity index is 1.61. The van der Waals surface area contributed by atoms with Gasteiger partial charge in [0.05, 0.1) is 0 Å². The Kier molecular flexibility index (Phi) is 5.20. The average Bonchev–Trinajstić information content (AvgIpc) is 3.41. The number of hydrogen-bond donors (Lipinski definition) is 2. The van der Waals surface area contributed by atoms with Crippen LogP contribution in [0.2, 0.25) is 0 Å². The van der Waals surface area contributed by atoms with Crippen LogP contribution in [-0.2, 0) is 12.0 Å². The van der Waals surface area contributed by atoms with E-state index in [4.69, 9.17) is 4.74 Å². The van der Waals surface area contributed by atoms with Gasteiger partial charge in [-0.1, -0.05) is 39.0 Å². The van der Waals surface area contributed by atoms with Crippen LogP contribution in [-0.4, -0.2) is 25.8 Å². The van der Waals surface area contributed by atoms with Crippen LogP contribution in [0.25, 0.3) is 0 Å². The van der Waals surface area contributed by atoms with Gasteiger partial charge in [-0.05, 0) is 42.4 Å². The van der Waals surface area contributed by atoms with E-state index < -0.39 is 5.97 Å². The molecule has 1 aliphatic rings. The Morgan fingerprint density at radius 2 is 2.00 bits per heavy atom. The van der Waals surface area contributed by atoms with Gasteiger partial charge in [-0.15, -0.1) is 0 Å².